The predicted molar refractivity (Wildman–Crippen MR) is 64.6 cm³/mol. The van der Waals surface area contributed by atoms with Crippen LogP contribution in [0.25, 0.3) is 0 Å². The van der Waals surface area contributed by atoms with Crippen LogP contribution in [-0.2, 0) is 4.74 Å². The summed E-state index contributed by atoms with van der Waals surface area (Å²) in [6.07, 6.45) is -3.53. The number of hydrogen-bond donors (Lipinski definition) is 1. The van der Waals surface area contributed by atoms with Gasteiger partial charge in [0.25, 0.3) is 0 Å². The predicted octanol–water partition coefficient (Wildman–Crippen LogP) is 1.89. The van der Waals surface area contributed by atoms with Crippen molar-refractivity contribution in [2.24, 2.45) is 5.92 Å². The van der Waals surface area contributed by atoms with E-state index in [2.05, 4.69) is 10.2 Å². The molecule has 1 N–H and O–H groups in total. The van der Waals surface area contributed by atoms with Crippen molar-refractivity contribution < 1.29 is 17.9 Å². The second-order valence-electron chi connectivity index (χ2n) is 4.60. The Morgan fingerprint density at radius 1 is 1.22 bits per heavy atom. The van der Waals surface area contributed by atoms with Crippen LogP contribution in [-0.4, -0.2) is 57.0 Å². The molecule has 0 spiro atoms. The van der Waals surface area contributed by atoms with Crippen molar-refractivity contribution in [2.45, 2.75) is 25.9 Å². The summed E-state index contributed by atoms with van der Waals surface area (Å²) in [5.41, 5.74) is 0. The number of halogens is 3. The number of hydrogen-bond acceptors (Lipinski definition) is 3. The summed E-state index contributed by atoms with van der Waals surface area (Å²) in [6, 6.07) is 0. The number of nitrogens with zero attached hydrogens (tertiary/aromatic N) is 1. The van der Waals surface area contributed by atoms with Crippen molar-refractivity contribution in [1.29, 1.82) is 0 Å². The lowest BCUT2D eigenvalue weighted by molar-refractivity contribution is -0.184. The summed E-state index contributed by atoms with van der Waals surface area (Å²) in [7, 11) is 0. The van der Waals surface area contributed by atoms with Gasteiger partial charge in [-0.05, 0) is 32.9 Å². The molecule has 0 aromatic rings. The summed E-state index contributed by atoms with van der Waals surface area (Å²) in [5.74, 6) is -1.10. The van der Waals surface area contributed by atoms with Crippen molar-refractivity contribution in [3.8, 4) is 0 Å². The van der Waals surface area contributed by atoms with Crippen LogP contribution in [0.1, 0.15) is 19.8 Å². The molecule has 0 bridgehead atoms. The summed E-state index contributed by atoms with van der Waals surface area (Å²) in [4.78, 5) is 2.09. The Balaban J connectivity index is 2.02. The van der Waals surface area contributed by atoms with Crippen LogP contribution in [0.2, 0.25) is 0 Å². The zero-order chi connectivity index (χ0) is 13.4. The number of nitrogens with one attached hydrogen (secondary N) is 1. The van der Waals surface area contributed by atoms with E-state index in [4.69, 9.17) is 4.74 Å². The van der Waals surface area contributed by atoms with Crippen molar-refractivity contribution in [3.05, 3.63) is 0 Å². The van der Waals surface area contributed by atoms with E-state index in [1.165, 1.54) is 0 Å². The number of alkyl halides is 3. The fourth-order valence-corrected chi connectivity index (χ4v) is 2.13. The Morgan fingerprint density at radius 2 is 1.89 bits per heavy atom. The van der Waals surface area contributed by atoms with Crippen LogP contribution >= 0.6 is 0 Å². The monoisotopic (exact) mass is 268 g/mol. The zero-order valence-electron chi connectivity index (χ0n) is 10.9. The lowest BCUT2D eigenvalue weighted by Crippen LogP contribution is -2.42. The van der Waals surface area contributed by atoms with E-state index in [-0.39, 0.29) is 12.8 Å². The van der Waals surface area contributed by atoms with E-state index in [9.17, 15) is 13.2 Å². The van der Waals surface area contributed by atoms with Gasteiger partial charge in [0.05, 0.1) is 12.5 Å². The summed E-state index contributed by atoms with van der Waals surface area (Å²) in [6.45, 7) is 6.88. The first kappa shape index (κ1) is 15.7. The molecule has 1 fully saturated rings. The first-order valence-corrected chi connectivity index (χ1v) is 6.61. The van der Waals surface area contributed by atoms with Gasteiger partial charge < -0.3 is 15.0 Å². The molecular formula is C12H23F3N2O. The lowest BCUT2D eigenvalue weighted by atomic mass is 9.96. The Morgan fingerprint density at radius 3 is 2.44 bits per heavy atom. The Hall–Kier alpha value is -0.330. The third-order valence-corrected chi connectivity index (χ3v) is 3.28. The first-order chi connectivity index (χ1) is 8.54. The molecule has 0 atom stereocenters. The molecule has 1 saturated heterocycles. The molecule has 0 amide bonds. The standard InChI is InChI=1S/C12H23F3N2O/c1-2-18-10-6-16-5-9-17-7-3-11(4-8-17)12(13,14)15/h11,16H,2-10H2,1H3. The molecule has 18 heavy (non-hydrogen) atoms. The van der Waals surface area contributed by atoms with Gasteiger partial charge in [0.1, 0.15) is 0 Å². The molecule has 108 valence electrons. The van der Waals surface area contributed by atoms with Gasteiger partial charge in [0, 0.05) is 26.2 Å². The lowest BCUT2D eigenvalue weighted by Gasteiger charge is -2.32. The van der Waals surface area contributed by atoms with E-state index in [0.29, 0.717) is 26.3 Å². The molecule has 0 radical (unpaired) electrons. The number of likely N-dealkylation sites (tertiary alicyclic amines) is 1. The first-order valence-electron chi connectivity index (χ1n) is 6.61. The fraction of sp³-hybridized carbons (Fsp3) is 1.00. The SMILES string of the molecule is CCOCCNCCN1CCC(C(F)(F)F)CC1. The van der Waals surface area contributed by atoms with Crippen LogP contribution in [0.4, 0.5) is 13.2 Å². The molecule has 1 rings (SSSR count). The quantitative estimate of drug-likeness (QED) is 0.714. The third-order valence-electron chi connectivity index (χ3n) is 3.28. The van der Waals surface area contributed by atoms with E-state index in [1.807, 2.05) is 6.92 Å². The number of rotatable bonds is 7. The number of ether oxygens (including phenoxy) is 1. The largest absolute Gasteiger partial charge is 0.391 e. The second-order valence-corrected chi connectivity index (χ2v) is 4.60. The highest BCUT2D eigenvalue weighted by Gasteiger charge is 2.40. The topological polar surface area (TPSA) is 24.5 Å². The maximum Gasteiger partial charge on any atom is 0.391 e. The van der Waals surface area contributed by atoms with Crippen molar-refractivity contribution in [1.82, 2.24) is 10.2 Å². The van der Waals surface area contributed by atoms with Crippen molar-refractivity contribution in [3.63, 3.8) is 0 Å². The highest BCUT2D eigenvalue weighted by atomic mass is 19.4. The second kappa shape index (κ2) is 7.96. The molecule has 1 aliphatic rings. The smallest absolute Gasteiger partial charge is 0.380 e. The summed E-state index contributed by atoms with van der Waals surface area (Å²) < 4.78 is 42.5. The molecular weight excluding hydrogens is 245 g/mol. The van der Waals surface area contributed by atoms with Crippen LogP contribution in [0.5, 0.6) is 0 Å². The molecule has 6 heteroatoms. The Kier molecular flexibility index (Phi) is 6.96. The van der Waals surface area contributed by atoms with Gasteiger partial charge in [0.15, 0.2) is 0 Å². The average Bonchev–Trinajstić information content (AvgIpc) is 2.33. The van der Waals surface area contributed by atoms with Gasteiger partial charge in [-0.3, -0.25) is 0 Å². The summed E-state index contributed by atoms with van der Waals surface area (Å²) >= 11 is 0. The third kappa shape index (κ3) is 6.02. The van der Waals surface area contributed by atoms with Gasteiger partial charge in [-0.1, -0.05) is 0 Å². The molecule has 0 aliphatic carbocycles. The zero-order valence-corrected chi connectivity index (χ0v) is 10.9. The number of piperidine rings is 1. The van der Waals surface area contributed by atoms with Gasteiger partial charge in [-0.2, -0.15) is 13.2 Å². The van der Waals surface area contributed by atoms with Crippen LogP contribution < -0.4 is 5.32 Å². The highest BCUT2D eigenvalue weighted by Crippen LogP contribution is 2.33. The van der Waals surface area contributed by atoms with Gasteiger partial charge in [0.2, 0.25) is 0 Å². The van der Waals surface area contributed by atoms with Crippen LogP contribution in [0, 0.1) is 5.92 Å². The molecule has 0 saturated carbocycles. The van der Waals surface area contributed by atoms with E-state index in [0.717, 1.165) is 19.6 Å². The minimum Gasteiger partial charge on any atom is -0.380 e. The summed E-state index contributed by atoms with van der Waals surface area (Å²) in [5, 5.41) is 3.22. The van der Waals surface area contributed by atoms with Crippen molar-refractivity contribution in [2.75, 3.05) is 45.9 Å². The highest BCUT2D eigenvalue weighted by molar-refractivity contribution is 4.77. The maximum atomic E-state index is 12.4. The van der Waals surface area contributed by atoms with Gasteiger partial charge in [-0.15, -0.1) is 0 Å². The van der Waals surface area contributed by atoms with Gasteiger partial charge in [-0.25, -0.2) is 0 Å². The Bertz CT molecular complexity index is 216. The average molecular weight is 268 g/mol. The van der Waals surface area contributed by atoms with Crippen LogP contribution in [0.3, 0.4) is 0 Å². The van der Waals surface area contributed by atoms with Gasteiger partial charge >= 0.3 is 6.18 Å². The molecule has 0 aromatic carbocycles. The molecule has 1 aliphatic heterocycles. The van der Waals surface area contributed by atoms with Crippen molar-refractivity contribution >= 4 is 0 Å². The maximum absolute atomic E-state index is 12.4. The fourth-order valence-electron chi connectivity index (χ4n) is 2.13. The van der Waals surface area contributed by atoms with E-state index < -0.39 is 12.1 Å². The van der Waals surface area contributed by atoms with E-state index in [1.54, 1.807) is 0 Å². The normalized spacial score (nSPS) is 19.3. The molecule has 0 aromatic heterocycles. The molecule has 1 heterocycles. The minimum absolute atomic E-state index is 0.239. The Labute approximate surface area is 107 Å². The molecule has 3 nitrogen and oxygen atoms in total. The molecule has 0 unspecified atom stereocenters. The minimum atomic E-state index is -4.01. The van der Waals surface area contributed by atoms with E-state index >= 15 is 0 Å². The van der Waals surface area contributed by atoms with Crippen LogP contribution in [0.15, 0.2) is 0 Å².